The molecule has 0 bridgehead atoms. The second-order valence-corrected chi connectivity index (χ2v) is 8.87. The van der Waals surface area contributed by atoms with Crippen molar-refractivity contribution in [1.82, 2.24) is 20.1 Å². The average molecular weight is 457 g/mol. The number of thiophene rings is 1. The molecule has 5 rings (SSSR count). The van der Waals surface area contributed by atoms with Gasteiger partial charge < -0.3 is 15.6 Å². The number of hydrogen-bond donors (Lipinski definition) is 2. The van der Waals surface area contributed by atoms with Crippen molar-refractivity contribution >= 4 is 27.4 Å². The summed E-state index contributed by atoms with van der Waals surface area (Å²) in [5.41, 5.74) is 12.2. The molecule has 1 atom stereocenters. The van der Waals surface area contributed by atoms with Gasteiger partial charge in [-0.25, -0.2) is 9.97 Å². The third-order valence-corrected chi connectivity index (χ3v) is 6.50. The molecule has 33 heavy (non-hydrogen) atoms. The SMILES string of the molecule is Cc1noc(C)c1-c1csc2c(NC[C@@H](N)Cc3ccccc3)nc(-c3ccncc3)nc12. The van der Waals surface area contributed by atoms with Gasteiger partial charge in [-0.2, -0.15) is 0 Å². The number of benzene rings is 1. The summed E-state index contributed by atoms with van der Waals surface area (Å²) in [6, 6.07) is 14.0. The highest BCUT2D eigenvalue weighted by Gasteiger charge is 2.20. The number of nitrogens with one attached hydrogen (secondary N) is 1. The summed E-state index contributed by atoms with van der Waals surface area (Å²) in [5.74, 6) is 2.18. The predicted octanol–water partition coefficient (Wildman–Crippen LogP) is 5.01. The molecule has 7 nitrogen and oxygen atoms in total. The maximum absolute atomic E-state index is 6.44. The second-order valence-electron chi connectivity index (χ2n) is 7.99. The first-order valence-corrected chi connectivity index (χ1v) is 11.6. The number of aryl methyl sites for hydroxylation is 2. The molecule has 0 fully saturated rings. The summed E-state index contributed by atoms with van der Waals surface area (Å²) in [4.78, 5) is 13.9. The van der Waals surface area contributed by atoms with Crippen LogP contribution in [0.5, 0.6) is 0 Å². The number of nitrogens with two attached hydrogens (primary N) is 1. The fourth-order valence-corrected chi connectivity index (χ4v) is 4.89. The van der Waals surface area contributed by atoms with Crippen LogP contribution in [0.3, 0.4) is 0 Å². The van der Waals surface area contributed by atoms with Crippen molar-refractivity contribution in [3.63, 3.8) is 0 Å². The Hall–Kier alpha value is -3.62. The van der Waals surface area contributed by atoms with Gasteiger partial charge in [0, 0.05) is 41.5 Å². The van der Waals surface area contributed by atoms with E-state index in [1.54, 1.807) is 23.7 Å². The third-order valence-electron chi connectivity index (χ3n) is 5.53. The lowest BCUT2D eigenvalue weighted by Gasteiger charge is -2.14. The van der Waals surface area contributed by atoms with Gasteiger partial charge in [0.05, 0.1) is 21.5 Å². The van der Waals surface area contributed by atoms with Crippen LogP contribution >= 0.6 is 11.3 Å². The summed E-state index contributed by atoms with van der Waals surface area (Å²) in [6.45, 7) is 4.46. The fourth-order valence-electron chi connectivity index (χ4n) is 3.93. The molecule has 166 valence electrons. The number of anilines is 1. The van der Waals surface area contributed by atoms with Crippen LogP contribution in [0, 0.1) is 13.8 Å². The van der Waals surface area contributed by atoms with Crippen LogP contribution in [-0.2, 0) is 6.42 Å². The first-order chi connectivity index (χ1) is 16.1. The first-order valence-electron chi connectivity index (χ1n) is 10.8. The standard InChI is InChI=1S/C25H24N6OS/c1-15-21(16(2)32-31-15)20-14-33-23-22(20)29-24(18-8-10-27-11-9-18)30-25(23)28-13-19(26)12-17-6-4-3-5-7-17/h3-11,14,19H,12-13,26H2,1-2H3,(H,28,29,30)/t19-/m0/s1. The molecule has 3 N–H and O–H groups in total. The number of pyridine rings is 1. The molecule has 0 saturated carbocycles. The van der Waals surface area contributed by atoms with Gasteiger partial charge >= 0.3 is 0 Å². The quantitative estimate of drug-likeness (QED) is 0.355. The van der Waals surface area contributed by atoms with Gasteiger partial charge in [-0.05, 0) is 38.0 Å². The van der Waals surface area contributed by atoms with Crippen LogP contribution < -0.4 is 11.1 Å². The Balaban J connectivity index is 1.53. The van der Waals surface area contributed by atoms with Gasteiger partial charge in [0.1, 0.15) is 11.6 Å². The number of rotatable bonds is 7. The van der Waals surface area contributed by atoms with Crippen LogP contribution in [0.1, 0.15) is 17.0 Å². The second kappa shape index (κ2) is 9.09. The van der Waals surface area contributed by atoms with Gasteiger partial charge in [-0.1, -0.05) is 35.5 Å². The van der Waals surface area contributed by atoms with Crippen molar-refractivity contribution in [2.75, 3.05) is 11.9 Å². The van der Waals surface area contributed by atoms with Gasteiger partial charge in [0.25, 0.3) is 0 Å². The number of nitrogens with zero attached hydrogens (tertiary/aromatic N) is 4. The van der Waals surface area contributed by atoms with E-state index in [2.05, 4.69) is 33.0 Å². The van der Waals surface area contributed by atoms with Gasteiger partial charge in [0.2, 0.25) is 0 Å². The summed E-state index contributed by atoms with van der Waals surface area (Å²) < 4.78 is 6.40. The Bertz CT molecular complexity index is 1360. The lowest BCUT2D eigenvalue weighted by Crippen LogP contribution is -2.31. The monoisotopic (exact) mass is 456 g/mol. The zero-order valence-corrected chi connectivity index (χ0v) is 19.3. The Morgan fingerprint density at radius 2 is 1.85 bits per heavy atom. The summed E-state index contributed by atoms with van der Waals surface area (Å²) in [5, 5.41) is 9.71. The van der Waals surface area contributed by atoms with Crippen molar-refractivity contribution in [3.8, 4) is 22.5 Å². The Morgan fingerprint density at radius 3 is 2.58 bits per heavy atom. The smallest absolute Gasteiger partial charge is 0.162 e. The van der Waals surface area contributed by atoms with Crippen LogP contribution in [0.2, 0.25) is 0 Å². The van der Waals surface area contributed by atoms with Crippen LogP contribution in [0.25, 0.3) is 32.7 Å². The highest BCUT2D eigenvalue weighted by atomic mass is 32.1. The number of fused-ring (bicyclic) bond motifs is 1. The lowest BCUT2D eigenvalue weighted by atomic mass is 10.1. The maximum Gasteiger partial charge on any atom is 0.162 e. The lowest BCUT2D eigenvalue weighted by molar-refractivity contribution is 0.393. The average Bonchev–Trinajstić information content (AvgIpc) is 3.40. The molecule has 4 aromatic heterocycles. The molecule has 0 aliphatic heterocycles. The van der Waals surface area contributed by atoms with Gasteiger partial charge in [-0.15, -0.1) is 11.3 Å². The minimum atomic E-state index is -0.0521. The first kappa shape index (κ1) is 21.2. The van der Waals surface area contributed by atoms with Crippen LogP contribution in [-0.4, -0.2) is 32.7 Å². The molecule has 0 aliphatic rings. The minimum absolute atomic E-state index is 0.0521. The molecule has 8 heteroatoms. The molecule has 0 aliphatic carbocycles. The molecule has 1 aromatic carbocycles. The molecular formula is C25H24N6OS. The normalized spacial score (nSPS) is 12.2. The third kappa shape index (κ3) is 4.35. The summed E-state index contributed by atoms with van der Waals surface area (Å²) >= 11 is 1.61. The predicted molar refractivity (Wildman–Crippen MR) is 132 cm³/mol. The molecule has 0 radical (unpaired) electrons. The van der Waals surface area contributed by atoms with Crippen molar-refractivity contribution in [3.05, 3.63) is 77.3 Å². The zero-order chi connectivity index (χ0) is 22.8. The Labute approximate surface area is 195 Å². The van der Waals surface area contributed by atoms with E-state index < -0.39 is 0 Å². The van der Waals surface area contributed by atoms with E-state index in [9.17, 15) is 0 Å². The van der Waals surface area contributed by atoms with E-state index in [1.807, 2.05) is 44.2 Å². The van der Waals surface area contributed by atoms with Crippen molar-refractivity contribution < 1.29 is 4.52 Å². The van der Waals surface area contributed by atoms with Gasteiger partial charge in [-0.3, -0.25) is 4.98 Å². The summed E-state index contributed by atoms with van der Waals surface area (Å²) in [6.07, 6.45) is 4.28. The van der Waals surface area contributed by atoms with E-state index >= 15 is 0 Å². The number of aromatic nitrogens is 4. The zero-order valence-electron chi connectivity index (χ0n) is 18.4. The molecule has 0 spiro atoms. The molecule has 0 saturated heterocycles. The molecule has 4 heterocycles. The molecule has 0 amide bonds. The van der Waals surface area contributed by atoms with Crippen molar-refractivity contribution in [2.45, 2.75) is 26.3 Å². The maximum atomic E-state index is 6.44. The largest absolute Gasteiger partial charge is 0.367 e. The van der Waals surface area contributed by atoms with E-state index in [-0.39, 0.29) is 6.04 Å². The fraction of sp³-hybridized carbons (Fsp3) is 0.200. The molecular weight excluding hydrogens is 432 g/mol. The van der Waals surface area contributed by atoms with Crippen LogP contribution in [0.4, 0.5) is 5.82 Å². The van der Waals surface area contributed by atoms with E-state index in [0.717, 1.165) is 50.6 Å². The van der Waals surface area contributed by atoms with E-state index in [4.69, 9.17) is 20.2 Å². The van der Waals surface area contributed by atoms with E-state index in [1.165, 1.54) is 5.56 Å². The highest BCUT2D eigenvalue weighted by Crippen LogP contribution is 2.39. The minimum Gasteiger partial charge on any atom is -0.367 e. The Kier molecular flexibility index (Phi) is 5.85. The van der Waals surface area contributed by atoms with Crippen molar-refractivity contribution in [1.29, 1.82) is 0 Å². The van der Waals surface area contributed by atoms with E-state index in [0.29, 0.717) is 12.4 Å². The number of hydrogen-bond acceptors (Lipinski definition) is 8. The topological polar surface area (TPSA) is 103 Å². The summed E-state index contributed by atoms with van der Waals surface area (Å²) in [7, 11) is 0. The molecule has 5 aromatic rings. The van der Waals surface area contributed by atoms with Gasteiger partial charge in [0.15, 0.2) is 5.82 Å². The van der Waals surface area contributed by atoms with Crippen LogP contribution in [0.15, 0.2) is 64.8 Å². The molecule has 0 unspecified atom stereocenters. The highest BCUT2D eigenvalue weighted by molar-refractivity contribution is 7.18. The Morgan fingerprint density at radius 1 is 1.06 bits per heavy atom. The van der Waals surface area contributed by atoms with Crippen molar-refractivity contribution in [2.24, 2.45) is 5.73 Å².